The molecular formula is C7H17NO3S. The van der Waals surface area contributed by atoms with Crippen molar-refractivity contribution < 1.29 is 13.2 Å². The molecule has 74 valence electrons. The van der Waals surface area contributed by atoms with Crippen LogP contribution in [0.4, 0.5) is 0 Å². The van der Waals surface area contributed by atoms with E-state index in [1.54, 1.807) is 0 Å². The molecule has 5 heteroatoms. The van der Waals surface area contributed by atoms with Crippen molar-refractivity contribution in [3.63, 3.8) is 0 Å². The molecule has 0 aromatic carbocycles. The van der Waals surface area contributed by atoms with Crippen molar-refractivity contribution in [3.8, 4) is 0 Å². The monoisotopic (exact) mass is 195 g/mol. The summed E-state index contributed by atoms with van der Waals surface area (Å²) in [6.07, 6.45) is 0.666. The van der Waals surface area contributed by atoms with Gasteiger partial charge in [-0.1, -0.05) is 6.92 Å². The summed E-state index contributed by atoms with van der Waals surface area (Å²) in [5.74, 6) is 0.361. The maximum atomic E-state index is 11.1. The van der Waals surface area contributed by atoms with Gasteiger partial charge < -0.3 is 10.5 Å². The highest BCUT2D eigenvalue weighted by Crippen LogP contribution is 1.93. The predicted octanol–water partition coefficient (Wildman–Crippen LogP) is -0.213. The lowest BCUT2D eigenvalue weighted by atomic mass is 10.6. The molecular weight excluding hydrogens is 178 g/mol. The molecule has 0 atom stereocenters. The van der Waals surface area contributed by atoms with E-state index in [0.717, 1.165) is 0 Å². The molecule has 0 heterocycles. The van der Waals surface area contributed by atoms with Gasteiger partial charge in [0.1, 0.15) is 0 Å². The smallest absolute Gasteiger partial charge is 0.152 e. The molecule has 2 N–H and O–H groups in total. The van der Waals surface area contributed by atoms with E-state index >= 15 is 0 Å². The van der Waals surface area contributed by atoms with Crippen LogP contribution < -0.4 is 5.73 Å². The topological polar surface area (TPSA) is 69.4 Å². The van der Waals surface area contributed by atoms with Gasteiger partial charge in [0.05, 0.1) is 19.0 Å². The van der Waals surface area contributed by atoms with Gasteiger partial charge in [-0.05, 0) is 6.42 Å². The second kappa shape index (κ2) is 6.39. The Hall–Kier alpha value is -0.130. The molecule has 0 rings (SSSR count). The van der Waals surface area contributed by atoms with Crippen LogP contribution in [-0.2, 0) is 14.6 Å². The van der Waals surface area contributed by atoms with Crippen molar-refractivity contribution in [2.45, 2.75) is 13.3 Å². The minimum Gasteiger partial charge on any atom is -0.379 e. The Balaban J connectivity index is 3.48. The fourth-order valence-electron chi connectivity index (χ4n) is 0.784. The summed E-state index contributed by atoms with van der Waals surface area (Å²) >= 11 is 0. The number of sulfone groups is 1. The molecule has 0 aromatic heterocycles. The summed E-state index contributed by atoms with van der Waals surface area (Å²) in [7, 11) is -2.88. The highest BCUT2D eigenvalue weighted by atomic mass is 32.2. The van der Waals surface area contributed by atoms with Gasteiger partial charge >= 0.3 is 0 Å². The highest BCUT2D eigenvalue weighted by molar-refractivity contribution is 7.91. The summed E-state index contributed by atoms with van der Waals surface area (Å²) in [6.45, 7) is 2.98. The van der Waals surface area contributed by atoms with E-state index < -0.39 is 9.84 Å². The Labute approximate surface area is 74.0 Å². The van der Waals surface area contributed by atoms with Crippen LogP contribution in [-0.4, -0.2) is 39.7 Å². The molecule has 0 saturated carbocycles. The van der Waals surface area contributed by atoms with Crippen LogP contribution in [0.2, 0.25) is 0 Å². The van der Waals surface area contributed by atoms with Crippen LogP contribution in [0.15, 0.2) is 0 Å². The molecule has 12 heavy (non-hydrogen) atoms. The van der Waals surface area contributed by atoms with Crippen molar-refractivity contribution in [2.75, 3.05) is 31.3 Å². The zero-order chi connectivity index (χ0) is 9.45. The van der Waals surface area contributed by atoms with Gasteiger partial charge in [0, 0.05) is 12.3 Å². The zero-order valence-electron chi connectivity index (χ0n) is 7.45. The second-order valence-corrected chi connectivity index (χ2v) is 4.86. The van der Waals surface area contributed by atoms with Gasteiger partial charge in [-0.25, -0.2) is 8.42 Å². The van der Waals surface area contributed by atoms with Crippen LogP contribution in [0.3, 0.4) is 0 Å². The van der Waals surface area contributed by atoms with Gasteiger partial charge in [-0.15, -0.1) is 0 Å². The maximum Gasteiger partial charge on any atom is 0.152 e. The van der Waals surface area contributed by atoms with E-state index in [9.17, 15) is 8.42 Å². The van der Waals surface area contributed by atoms with Crippen molar-refractivity contribution in [1.29, 1.82) is 0 Å². The molecule has 0 aliphatic heterocycles. The molecule has 0 bridgehead atoms. The first kappa shape index (κ1) is 11.9. The van der Waals surface area contributed by atoms with Crippen molar-refractivity contribution in [3.05, 3.63) is 0 Å². The van der Waals surface area contributed by atoms with Crippen molar-refractivity contribution in [2.24, 2.45) is 5.73 Å². The first-order valence-corrected chi connectivity index (χ1v) is 5.92. The minimum atomic E-state index is -2.88. The Kier molecular flexibility index (Phi) is 6.32. The normalized spacial score (nSPS) is 11.8. The lowest BCUT2D eigenvalue weighted by molar-refractivity contribution is 0.157. The number of hydrogen-bond acceptors (Lipinski definition) is 4. The van der Waals surface area contributed by atoms with Gasteiger partial charge in [0.2, 0.25) is 0 Å². The molecule has 0 saturated heterocycles. The van der Waals surface area contributed by atoms with Crippen LogP contribution in [0.25, 0.3) is 0 Å². The van der Waals surface area contributed by atoms with E-state index in [2.05, 4.69) is 0 Å². The summed E-state index contributed by atoms with van der Waals surface area (Å²) < 4.78 is 27.1. The molecule has 0 radical (unpaired) electrons. The van der Waals surface area contributed by atoms with Gasteiger partial charge in [-0.3, -0.25) is 0 Å². The van der Waals surface area contributed by atoms with Gasteiger partial charge in [-0.2, -0.15) is 0 Å². The number of ether oxygens (including phenoxy) is 1. The van der Waals surface area contributed by atoms with Crippen molar-refractivity contribution in [1.82, 2.24) is 0 Å². The number of rotatable bonds is 7. The average molecular weight is 195 g/mol. The average Bonchev–Trinajstić information content (AvgIpc) is 1.98. The van der Waals surface area contributed by atoms with Crippen molar-refractivity contribution >= 4 is 9.84 Å². The Morgan fingerprint density at radius 2 is 1.92 bits per heavy atom. The fourth-order valence-corrected chi connectivity index (χ4v) is 1.98. The fraction of sp³-hybridized carbons (Fsp3) is 1.00. The lowest BCUT2D eigenvalue weighted by Gasteiger charge is -2.02. The van der Waals surface area contributed by atoms with E-state index in [0.29, 0.717) is 19.6 Å². The second-order valence-electron chi connectivity index (χ2n) is 2.55. The maximum absolute atomic E-state index is 11.1. The predicted molar refractivity (Wildman–Crippen MR) is 48.8 cm³/mol. The van der Waals surface area contributed by atoms with Crippen LogP contribution in [0, 0.1) is 0 Å². The third-order valence-corrected chi connectivity index (χ3v) is 3.13. The molecule has 4 nitrogen and oxygen atoms in total. The van der Waals surface area contributed by atoms with Crippen LogP contribution in [0.5, 0.6) is 0 Å². The van der Waals surface area contributed by atoms with E-state index in [4.69, 9.17) is 10.5 Å². The van der Waals surface area contributed by atoms with Crippen LogP contribution >= 0.6 is 0 Å². The quantitative estimate of drug-likeness (QED) is 0.570. The van der Waals surface area contributed by atoms with Gasteiger partial charge in [0.25, 0.3) is 0 Å². The number of nitrogens with two attached hydrogens (primary N) is 1. The molecule has 0 aromatic rings. The Morgan fingerprint density at radius 1 is 1.25 bits per heavy atom. The third kappa shape index (κ3) is 6.57. The standard InChI is InChI=1S/C7H17NO3S/c1-2-6-12(9,10)7-5-11-4-3-8/h2-8H2,1H3. The van der Waals surface area contributed by atoms with E-state index in [1.807, 2.05) is 6.92 Å². The largest absolute Gasteiger partial charge is 0.379 e. The SMILES string of the molecule is CCCS(=O)(=O)CCOCCN. The molecule has 0 aliphatic rings. The molecule has 0 fully saturated rings. The zero-order valence-corrected chi connectivity index (χ0v) is 8.27. The third-order valence-electron chi connectivity index (χ3n) is 1.32. The summed E-state index contributed by atoms with van der Waals surface area (Å²) in [6, 6.07) is 0. The summed E-state index contributed by atoms with van der Waals surface area (Å²) in [5, 5.41) is 0. The van der Waals surface area contributed by atoms with Crippen LogP contribution in [0.1, 0.15) is 13.3 Å². The summed E-state index contributed by atoms with van der Waals surface area (Å²) in [4.78, 5) is 0. The molecule has 0 aliphatic carbocycles. The van der Waals surface area contributed by atoms with E-state index in [1.165, 1.54) is 0 Å². The highest BCUT2D eigenvalue weighted by Gasteiger charge is 2.07. The molecule has 0 amide bonds. The Bertz CT molecular complexity index is 189. The first-order chi connectivity index (χ1) is 5.62. The van der Waals surface area contributed by atoms with E-state index in [-0.39, 0.29) is 18.1 Å². The minimum absolute atomic E-state index is 0.112. The lowest BCUT2D eigenvalue weighted by Crippen LogP contribution is -2.17. The number of hydrogen-bond donors (Lipinski definition) is 1. The molecule has 0 spiro atoms. The van der Waals surface area contributed by atoms with Gasteiger partial charge in [0.15, 0.2) is 9.84 Å². The molecule has 0 unspecified atom stereocenters. The summed E-state index contributed by atoms with van der Waals surface area (Å²) in [5.41, 5.74) is 5.16. The Morgan fingerprint density at radius 3 is 2.42 bits per heavy atom. The first-order valence-electron chi connectivity index (χ1n) is 4.10.